The first-order valence-corrected chi connectivity index (χ1v) is 16.6. The summed E-state index contributed by atoms with van der Waals surface area (Å²) >= 11 is 0. The number of phenolic OH excluding ortho intramolecular Hbond substituents is 1. The number of benzene rings is 2. The Hall–Kier alpha value is -4.48. The number of aromatic hydroxyl groups is 1. The molecule has 0 fully saturated rings. The standard InChI is InChI=1S/C36H54N4O8/c1-8-26(6)32(38-27(7)41)22-47-36(45)40(20-29-12-10-9-11-13-29)33(25(4)5)23-48-35(44)39(19-24(2)3)30(21-46-34(37)43)18-28-14-16-31(42)17-15-28/h9-17,24-26,30,32-33,42H,8,18-23H2,1-7H3,(H2,37,43)(H,38,41)/t26?,30-,32+,33+/m0/s1. The molecule has 1 unspecified atom stereocenters. The maximum atomic E-state index is 13.8. The highest BCUT2D eigenvalue weighted by Gasteiger charge is 2.33. The van der Waals surface area contributed by atoms with E-state index in [1.807, 2.05) is 71.9 Å². The summed E-state index contributed by atoms with van der Waals surface area (Å²) in [7, 11) is 0. The molecule has 0 aliphatic carbocycles. The van der Waals surface area contributed by atoms with Crippen LogP contribution in [0.4, 0.5) is 14.4 Å². The Labute approximate surface area is 284 Å². The minimum Gasteiger partial charge on any atom is -0.508 e. The SMILES string of the molecule is CCC(C)[C@@H](COC(=O)N(Cc1ccccc1)[C@H](COC(=O)N(CC(C)C)[C@H](COC(N)=O)Cc1ccc(O)cc1)C(C)C)NC(C)=O. The van der Waals surface area contributed by atoms with Gasteiger partial charge in [0.15, 0.2) is 0 Å². The lowest BCUT2D eigenvalue weighted by molar-refractivity contribution is -0.120. The van der Waals surface area contributed by atoms with Gasteiger partial charge in [0.1, 0.15) is 25.6 Å². The van der Waals surface area contributed by atoms with Crippen LogP contribution < -0.4 is 11.1 Å². The number of ether oxygens (including phenoxy) is 3. The zero-order valence-corrected chi connectivity index (χ0v) is 29.4. The molecule has 0 saturated heterocycles. The predicted molar refractivity (Wildman–Crippen MR) is 183 cm³/mol. The van der Waals surface area contributed by atoms with E-state index in [0.717, 1.165) is 17.5 Å². The second kappa shape index (κ2) is 20.0. The molecule has 0 aromatic heterocycles. The zero-order chi connectivity index (χ0) is 35.8. The fraction of sp³-hybridized carbons (Fsp3) is 0.556. The van der Waals surface area contributed by atoms with Gasteiger partial charge in [-0.05, 0) is 47.4 Å². The van der Waals surface area contributed by atoms with Crippen molar-refractivity contribution < 1.29 is 38.5 Å². The van der Waals surface area contributed by atoms with Gasteiger partial charge in [0.05, 0.1) is 18.1 Å². The predicted octanol–water partition coefficient (Wildman–Crippen LogP) is 5.71. The number of nitrogens with one attached hydrogen (secondary N) is 1. The molecule has 0 aliphatic rings. The van der Waals surface area contributed by atoms with E-state index in [0.29, 0.717) is 13.0 Å². The molecule has 4 amide bonds. The number of rotatable bonds is 18. The summed E-state index contributed by atoms with van der Waals surface area (Å²) in [5, 5.41) is 12.6. The second-order valence-corrected chi connectivity index (χ2v) is 13.0. The normalized spacial score (nSPS) is 13.6. The van der Waals surface area contributed by atoms with Gasteiger partial charge in [-0.3, -0.25) is 9.69 Å². The molecule has 0 radical (unpaired) electrons. The maximum absolute atomic E-state index is 13.8. The minimum atomic E-state index is -0.965. The average Bonchev–Trinajstić information content (AvgIpc) is 3.03. The lowest BCUT2D eigenvalue weighted by Gasteiger charge is -2.36. The molecule has 4 atom stereocenters. The Bertz CT molecular complexity index is 1290. The first kappa shape index (κ1) is 39.7. The van der Waals surface area contributed by atoms with Crippen LogP contribution in [0.15, 0.2) is 54.6 Å². The third kappa shape index (κ3) is 13.7. The summed E-state index contributed by atoms with van der Waals surface area (Å²) in [6.07, 6.45) is -1.10. The minimum absolute atomic E-state index is 0.00964. The highest BCUT2D eigenvalue weighted by molar-refractivity contribution is 5.73. The Morgan fingerprint density at radius 1 is 0.812 bits per heavy atom. The van der Waals surface area contributed by atoms with Crippen LogP contribution in [-0.4, -0.2) is 83.6 Å². The van der Waals surface area contributed by atoms with Crippen molar-refractivity contribution in [2.45, 2.75) is 86.0 Å². The fourth-order valence-corrected chi connectivity index (χ4v) is 5.22. The Kier molecular flexibility index (Phi) is 16.6. The van der Waals surface area contributed by atoms with Gasteiger partial charge in [-0.1, -0.05) is 90.4 Å². The summed E-state index contributed by atoms with van der Waals surface area (Å²) in [5.74, 6) is -0.127. The molecule has 0 aliphatic heterocycles. The number of amides is 4. The molecule has 4 N–H and O–H groups in total. The number of nitrogens with zero attached hydrogens (tertiary/aromatic N) is 2. The van der Waals surface area contributed by atoms with Crippen molar-refractivity contribution in [2.24, 2.45) is 23.5 Å². The number of hydrogen-bond donors (Lipinski definition) is 3. The number of nitrogens with two attached hydrogens (primary N) is 1. The molecule has 0 heterocycles. The van der Waals surface area contributed by atoms with Crippen molar-refractivity contribution >= 4 is 24.2 Å². The largest absolute Gasteiger partial charge is 0.508 e. The van der Waals surface area contributed by atoms with Crippen molar-refractivity contribution in [3.8, 4) is 5.75 Å². The molecule has 2 aromatic carbocycles. The number of primary amides is 1. The molecule has 0 bridgehead atoms. The van der Waals surface area contributed by atoms with Crippen LogP contribution in [0.3, 0.4) is 0 Å². The second-order valence-electron chi connectivity index (χ2n) is 13.0. The topological polar surface area (TPSA) is 161 Å². The number of carbonyl (C=O) groups is 4. The molecule has 0 saturated carbocycles. The van der Waals surface area contributed by atoms with E-state index in [4.69, 9.17) is 19.9 Å². The van der Waals surface area contributed by atoms with Crippen molar-refractivity contribution in [2.75, 3.05) is 26.4 Å². The van der Waals surface area contributed by atoms with E-state index in [1.165, 1.54) is 11.8 Å². The lowest BCUT2D eigenvalue weighted by atomic mass is 10.00. The van der Waals surface area contributed by atoms with Crippen LogP contribution >= 0.6 is 0 Å². The molecular weight excluding hydrogens is 616 g/mol. The van der Waals surface area contributed by atoms with Crippen LogP contribution in [0.25, 0.3) is 0 Å². The van der Waals surface area contributed by atoms with Gasteiger partial charge >= 0.3 is 18.3 Å². The van der Waals surface area contributed by atoms with Crippen molar-refractivity contribution in [3.63, 3.8) is 0 Å². The van der Waals surface area contributed by atoms with Crippen molar-refractivity contribution in [1.29, 1.82) is 0 Å². The summed E-state index contributed by atoms with van der Waals surface area (Å²) in [4.78, 5) is 54.1. The van der Waals surface area contributed by atoms with E-state index in [1.54, 1.807) is 29.2 Å². The van der Waals surface area contributed by atoms with Crippen LogP contribution in [0.2, 0.25) is 0 Å². The van der Waals surface area contributed by atoms with E-state index in [-0.39, 0.29) is 61.8 Å². The van der Waals surface area contributed by atoms with E-state index in [9.17, 15) is 24.3 Å². The summed E-state index contributed by atoms with van der Waals surface area (Å²) < 4.78 is 16.9. The number of carbonyl (C=O) groups excluding carboxylic acids is 4. The summed E-state index contributed by atoms with van der Waals surface area (Å²) in [6, 6.07) is 14.4. The van der Waals surface area contributed by atoms with Gasteiger partial charge in [0.25, 0.3) is 0 Å². The van der Waals surface area contributed by atoms with Crippen molar-refractivity contribution in [1.82, 2.24) is 15.1 Å². The monoisotopic (exact) mass is 670 g/mol. The quantitative estimate of drug-likeness (QED) is 0.170. The lowest BCUT2D eigenvalue weighted by Crippen LogP contribution is -2.50. The van der Waals surface area contributed by atoms with E-state index >= 15 is 0 Å². The van der Waals surface area contributed by atoms with E-state index < -0.39 is 30.4 Å². The fourth-order valence-electron chi connectivity index (χ4n) is 5.22. The Morgan fingerprint density at radius 3 is 1.96 bits per heavy atom. The third-order valence-corrected chi connectivity index (χ3v) is 8.15. The molecule has 12 heteroatoms. The highest BCUT2D eigenvalue weighted by Crippen LogP contribution is 2.21. The van der Waals surface area contributed by atoms with Gasteiger partial charge in [-0.2, -0.15) is 0 Å². The first-order valence-electron chi connectivity index (χ1n) is 16.6. The highest BCUT2D eigenvalue weighted by atomic mass is 16.6. The molecule has 2 aromatic rings. The van der Waals surface area contributed by atoms with Crippen LogP contribution in [-0.2, 0) is 32.0 Å². The van der Waals surface area contributed by atoms with Crippen LogP contribution in [0, 0.1) is 17.8 Å². The zero-order valence-electron chi connectivity index (χ0n) is 29.4. The molecule has 2 rings (SSSR count). The van der Waals surface area contributed by atoms with Crippen molar-refractivity contribution in [3.05, 3.63) is 65.7 Å². The van der Waals surface area contributed by atoms with Gasteiger partial charge in [-0.25, -0.2) is 14.4 Å². The van der Waals surface area contributed by atoms with Gasteiger partial charge in [0.2, 0.25) is 5.91 Å². The van der Waals surface area contributed by atoms with E-state index in [2.05, 4.69) is 5.32 Å². The maximum Gasteiger partial charge on any atom is 0.410 e. The molecule has 48 heavy (non-hydrogen) atoms. The third-order valence-electron chi connectivity index (χ3n) is 8.15. The number of hydrogen-bond acceptors (Lipinski definition) is 8. The molecule has 0 spiro atoms. The first-order chi connectivity index (χ1) is 22.7. The smallest absolute Gasteiger partial charge is 0.410 e. The average molecular weight is 671 g/mol. The summed E-state index contributed by atoms with van der Waals surface area (Å²) in [5.41, 5.74) is 6.95. The summed E-state index contributed by atoms with van der Waals surface area (Å²) in [6.45, 7) is 13.4. The molecular formula is C36H54N4O8. The Balaban J connectivity index is 2.35. The van der Waals surface area contributed by atoms with Gasteiger partial charge in [0, 0.05) is 20.0 Å². The molecule has 266 valence electrons. The Morgan fingerprint density at radius 2 is 1.42 bits per heavy atom. The number of phenols is 1. The molecule has 12 nitrogen and oxygen atoms in total. The van der Waals surface area contributed by atoms with Gasteiger partial charge < -0.3 is 35.3 Å². The van der Waals surface area contributed by atoms with Crippen LogP contribution in [0.5, 0.6) is 5.75 Å². The van der Waals surface area contributed by atoms with Crippen LogP contribution in [0.1, 0.15) is 66.0 Å². The van der Waals surface area contributed by atoms with Gasteiger partial charge in [-0.15, -0.1) is 0 Å².